The van der Waals surface area contributed by atoms with Crippen LogP contribution in [-0.2, 0) is 5.41 Å². The second-order valence-electron chi connectivity index (χ2n) is 9.21. The number of pyridine rings is 1. The van der Waals surface area contributed by atoms with Gasteiger partial charge in [-0.2, -0.15) is 0 Å². The van der Waals surface area contributed by atoms with E-state index in [0.29, 0.717) is 22.7 Å². The fourth-order valence-corrected chi connectivity index (χ4v) is 4.68. The molecule has 0 aliphatic rings. The van der Waals surface area contributed by atoms with Crippen LogP contribution in [0.15, 0.2) is 43.1 Å². The van der Waals surface area contributed by atoms with Crippen molar-refractivity contribution in [2.45, 2.75) is 46.1 Å². The summed E-state index contributed by atoms with van der Waals surface area (Å²) in [4.78, 5) is 23.2. The Morgan fingerprint density at radius 2 is 2.03 bits per heavy atom. The molecule has 0 saturated carbocycles. The summed E-state index contributed by atoms with van der Waals surface area (Å²) in [5.41, 5.74) is 3.46. The average Bonchev–Trinajstić information content (AvgIpc) is 3.58. The quantitative estimate of drug-likeness (QED) is 0.398. The summed E-state index contributed by atoms with van der Waals surface area (Å²) in [6, 6.07) is 5.61. The number of hydrogen-bond donors (Lipinski definition) is 2. The first kappa shape index (κ1) is 22.0. The van der Waals surface area contributed by atoms with Gasteiger partial charge < -0.3 is 10.3 Å². The zero-order chi connectivity index (χ0) is 24.0. The number of aryl methyl sites for hydroxylation is 1. The van der Waals surface area contributed by atoms with Crippen molar-refractivity contribution in [3.8, 4) is 16.3 Å². The van der Waals surface area contributed by atoms with E-state index >= 15 is 0 Å². The zero-order valence-corrected chi connectivity index (χ0v) is 20.4. The Labute approximate surface area is 200 Å². The van der Waals surface area contributed by atoms with Crippen molar-refractivity contribution in [2.24, 2.45) is 0 Å². The summed E-state index contributed by atoms with van der Waals surface area (Å²) < 4.78 is 3.71. The summed E-state index contributed by atoms with van der Waals surface area (Å²) in [5.74, 6) is 0.338. The summed E-state index contributed by atoms with van der Waals surface area (Å²) in [5, 5.41) is 19.3. The second kappa shape index (κ2) is 8.17. The lowest BCUT2D eigenvalue weighted by atomic mass is 9.92. The van der Waals surface area contributed by atoms with E-state index in [0.717, 1.165) is 16.3 Å². The van der Waals surface area contributed by atoms with Gasteiger partial charge in [0.1, 0.15) is 12.0 Å². The number of hydrogen-bond acceptors (Lipinski definition) is 7. The first-order valence-corrected chi connectivity index (χ1v) is 11.7. The van der Waals surface area contributed by atoms with Gasteiger partial charge in [-0.1, -0.05) is 26.0 Å². The van der Waals surface area contributed by atoms with Gasteiger partial charge in [-0.05, 0) is 32.0 Å². The molecule has 5 aromatic rings. The van der Waals surface area contributed by atoms with Crippen molar-refractivity contribution in [3.05, 3.63) is 65.1 Å². The summed E-state index contributed by atoms with van der Waals surface area (Å²) in [6.45, 7) is 10.2. The topological polar surface area (TPSA) is 119 Å². The number of nitrogens with zero attached hydrogens (tertiary/aromatic N) is 7. The molecule has 0 fully saturated rings. The van der Waals surface area contributed by atoms with Crippen LogP contribution in [0.3, 0.4) is 0 Å². The molecule has 1 atom stereocenters. The summed E-state index contributed by atoms with van der Waals surface area (Å²) in [7, 11) is 0. The van der Waals surface area contributed by atoms with Gasteiger partial charge in [-0.25, -0.2) is 9.67 Å². The van der Waals surface area contributed by atoms with Crippen LogP contribution in [0.2, 0.25) is 0 Å². The molecule has 0 bridgehead atoms. The number of carbonyl (C=O) groups excluding carboxylic acids is 1. The average molecular weight is 476 g/mol. The molecule has 0 saturated heterocycles. The number of H-pyrrole nitrogens is 1. The lowest BCUT2D eigenvalue weighted by Gasteiger charge is -2.20. The zero-order valence-electron chi connectivity index (χ0n) is 19.6. The monoisotopic (exact) mass is 475 g/mol. The molecular formula is C23H25N9OS. The molecule has 0 spiro atoms. The van der Waals surface area contributed by atoms with Crippen LogP contribution < -0.4 is 5.32 Å². The Morgan fingerprint density at radius 3 is 2.71 bits per heavy atom. The van der Waals surface area contributed by atoms with Crippen molar-refractivity contribution < 1.29 is 4.79 Å². The standard InChI is InChI=1S/C23H25N9OS/c1-13-6-7-18(34-13)17-9-24-21-16(32-19(10-26-30-32)23(3,4)5)8-15(11-31(17)21)22(33)28-14(2)20-25-12-27-29-20/h6-12,14H,1-5H3,(H,28,33)(H,25,27,29). The lowest BCUT2D eigenvalue weighted by molar-refractivity contribution is 0.0938. The number of carbonyl (C=O) groups is 1. The van der Waals surface area contributed by atoms with E-state index in [9.17, 15) is 4.79 Å². The molecule has 5 heterocycles. The molecule has 1 unspecified atom stereocenters. The number of thiophene rings is 1. The molecule has 10 nitrogen and oxygen atoms in total. The third kappa shape index (κ3) is 3.87. The second-order valence-corrected chi connectivity index (χ2v) is 10.5. The minimum atomic E-state index is -0.340. The molecule has 5 aromatic heterocycles. The summed E-state index contributed by atoms with van der Waals surface area (Å²) >= 11 is 1.68. The van der Waals surface area contributed by atoms with E-state index in [2.05, 4.69) is 70.6 Å². The lowest BCUT2D eigenvalue weighted by Crippen LogP contribution is -2.28. The van der Waals surface area contributed by atoms with E-state index in [1.54, 1.807) is 28.3 Å². The number of imidazole rings is 1. The number of rotatable bonds is 5. The fraction of sp³-hybridized carbons (Fsp3) is 0.304. The van der Waals surface area contributed by atoms with Crippen LogP contribution in [0.5, 0.6) is 0 Å². The van der Waals surface area contributed by atoms with Gasteiger partial charge in [0.05, 0.1) is 40.3 Å². The largest absolute Gasteiger partial charge is 0.342 e. The predicted molar refractivity (Wildman–Crippen MR) is 129 cm³/mol. The maximum atomic E-state index is 13.3. The predicted octanol–water partition coefficient (Wildman–Crippen LogP) is 3.86. The minimum Gasteiger partial charge on any atom is -0.342 e. The Morgan fingerprint density at radius 1 is 1.21 bits per heavy atom. The highest BCUT2D eigenvalue weighted by atomic mass is 32.1. The fourth-order valence-electron chi connectivity index (χ4n) is 3.80. The Hall–Kier alpha value is -3.86. The van der Waals surface area contributed by atoms with Crippen LogP contribution in [-0.4, -0.2) is 45.5 Å². The van der Waals surface area contributed by atoms with Gasteiger partial charge in [-0.15, -0.1) is 26.6 Å². The Balaban J connectivity index is 1.67. The summed E-state index contributed by atoms with van der Waals surface area (Å²) in [6.07, 6.45) is 6.88. The van der Waals surface area contributed by atoms with Crippen LogP contribution in [0.1, 0.15) is 60.5 Å². The highest BCUT2D eigenvalue weighted by Gasteiger charge is 2.25. The number of fused-ring (bicyclic) bond motifs is 1. The first-order valence-electron chi connectivity index (χ1n) is 10.9. The van der Waals surface area contributed by atoms with E-state index in [4.69, 9.17) is 4.98 Å². The normalized spacial score (nSPS) is 12.9. The molecular weight excluding hydrogens is 450 g/mol. The molecule has 0 aliphatic heterocycles. The third-order valence-electron chi connectivity index (χ3n) is 5.58. The third-order valence-corrected chi connectivity index (χ3v) is 6.60. The number of nitrogens with one attached hydrogen (secondary N) is 2. The first-order chi connectivity index (χ1) is 16.2. The van der Waals surface area contributed by atoms with Crippen molar-refractivity contribution >= 4 is 22.9 Å². The van der Waals surface area contributed by atoms with Gasteiger partial charge in [0.25, 0.3) is 5.91 Å². The van der Waals surface area contributed by atoms with Crippen LogP contribution in [0.4, 0.5) is 0 Å². The smallest absolute Gasteiger partial charge is 0.253 e. The van der Waals surface area contributed by atoms with Gasteiger partial charge in [0.2, 0.25) is 0 Å². The molecule has 0 aromatic carbocycles. The molecule has 0 aliphatic carbocycles. The molecule has 5 rings (SSSR count). The van der Waals surface area contributed by atoms with Gasteiger partial charge in [-0.3, -0.25) is 9.20 Å². The highest BCUT2D eigenvalue weighted by molar-refractivity contribution is 7.15. The SMILES string of the molecule is Cc1ccc(-c2cnc3c(-n4nncc4C(C)(C)C)cc(C(=O)NC(C)c4nnc[nH]4)cn23)s1. The molecule has 34 heavy (non-hydrogen) atoms. The van der Waals surface area contributed by atoms with Gasteiger partial charge in [0.15, 0.2) is 11.5 Å². The Bertz CT molecular complexity index is 1470. The molecule has 11 heteroatoms. The Kier molecular flexibility index (Phi) is 5.28. The van der Waals surface area contributed by atoms with Gasteiger partial charge in [0, 0.05) is 16.5 Å². The van der Waals surface area contributed by atoms with E-state index < -0.39 is 0 Å². The molecule has 0 radical (unpaired) electrons. The number of amides is 1. The van der Waals surface area contributed by atoms with Crippen molar-refractivity contribution in [1.29, 1.82) is 0 Å². The highest BCUT2D eigenvalue weighted by Crippen LogP contribution is 2.32. The van der Waals surface area contributed by atoms with Crippen LogP contribution in [0, 0.1) is 6.92 Å². The van der Waals surface area contributed by atoms with Crippen LogP contribution >= 0.6 is 11.3 Å². The van der Waals surface area contributed by atoms with Gasteiger partial charge >= 0.3 is 0 Å². The molecule has 174 valence electrons. The molecule has 1 amide bonds. The van der Waals surface area contributed by atoms with Crippen LogP contribution in [0.25, 0.3) is 21.9 Å². The molecule has 2 N–H and O–H groups in total. The number of aromatic amines is 1. The van der Waals surface area contributed by atoms with Crippen molar-refractivity contribution in [2.75, 3.05) is 0 Å². The minimum absolute atomic E-state index is 0.208. The van der Waals surface area contributed by atoms with E-state index in [-0.39, 0.29) is 17.4 Å². The number of aromatic nitrogens is 8. The van der Waals surface area contributed by atoms with Crippen molar-refractivity contribution in [1.82, 2.24) is 44.9 Å². The van der Waals surface area contributed by atoms with E-state index in [1.807, 2.05) is 23.7 Å². The maximum absolute atomic E-state index is 13.3. The van der Waals surface area contributed by atoms with Crippen molar-refractivity contribution in [3.63, 3.8) is 0 Å². The maximum Gasteiger partial charge on any atom is 0.253 e. The van der Waals surface area contributed by atoms with E-state index in [1.165, 1.54) is 11.2 Å².